The molecule has 2 aromatic carbocycles. The molecule has 0 bridgehead atoms. The van der Waals surface area contributed by atoms with Gasteiger partial charge in [-0.05, 0) is 18.2 Å². The maximum Gasteiger partial charge on any atom is 0.270 e. The third-order valence-corrected chi connectivity index (χ3v) is 3.23. The number of carbonyl (C=O) groups excluding carboxylic acids is 1. The van der Waals surface area contributed by atoms with Crippen molar-refractivity contribution in [1.82, 2.24) is 20.4 Å². The lowest BCUT2D eigenvalue weighted by Gasteiger charge is -2.00. The summed E-state index contributed by atoms with van der Waals surface area (Å²) in [5, 5.41) is 32.3. The number of nitro benzene ring substituents is 1. The number of hydrazone groups is 1. The maximum absolute atomic E-state index is 11.8. The second-order valence-corrected chi connectivity index (χ2v) is 5.01. The van der Waals surface area contributed by atoms with E-state index in [0.29, 0.717) is 11.0 Å². The molecule has 25 heavy (non-hydrogen) atoms. The van der Waals surface area contributed by atoms with Gasteiger partial charge in [0.15, 0.2) is 0 Å². The summed E-state index contributed by atoms with van der Waals surface area (Å²) in [7, 11) is 0. The van der Waals surface area contributed by atoms with Gasteiger partial charge in [0.2, 0.25) is 0 Å². The molecule has 126 valence electrons. The molecule has 10 nitrogen and oxygen atoms in total. The summed E-state index contributed by atoms with van der Waals surface area (Å²) >= 11 is 0. The van der Waals surface area contributed by atoms with Gasteiger partial charge >= 0.3 is 0 Å². The van der Waals surface area contributed by atoms with E-state index in [1.165, 1.54) is 16.9 Å². The molecule has 1 amide bonds. The van der Waals surface area contributed by atoms with Crippen molar-refractivity contribution in [2.24, 2.45) is 5.10 Å². The highest BCUT2D eigenvalue weighted by molar-refractivity contribution is 5.86. The van der Waals surface area contributed by atoms with Gasteiger partial charge in [-0.25, -0.2) is 5.43 Å². The first-order chi connectivity index (χ1) is 12.0. The van der Waals surface area contributed by atoms with E-state index in [0.717, 1.165) is 12.3 Å². The van der Waals surface area contributed by atoms with Crippen LogP contribution in [-0.2, 0) is 11.3 Å². The molecule has 2 N–H and O–H groups in total. The SMILES string of the molecule is O=C(Cn1nc2ccccc2n1)N/N=C\c1cc([N+](=O)[O-])ccc1O. The number of hydrogen-bond donors (Lipinski definition) is 2. The highest BCUT2D eigenvalue weighted by atomic mass is 16.6. The number of aromatic nitrogens is 3. The summed E-state index contributed by atoms with van der Waals surface area (Å²) < 4.78 is 0. The normalized spacial score (nSPS) is 11.0. The lowest BCUT2D eigenvalue weighted by Crippen LogP contribution is -2.24. The molecule has 0 saturated carbocycles. The van der Waals surface area contributed by atoms with E-state index in [-0.39, 0.29) is 23.5 Å². The molecule has 0 radical (unpaired) electrons. The largest absolute Gasteiger partial charge is 0.507 e. The fourth-order valence-corrected chi connectivity index (χ4v) is 2.07. The van der Waals surface area contributed by atoms with Crippen molar-refractivity contribution in [3.63, 3.8) is 0 Å². The second-order valence-electron chi connectivity index (χ2n) is 5.01. The van der Waals surface area contributed by atoms with E-state index in [2.05, 4.69) is 20.7 Å². The van der Waals surface area contributed by atoms with E-state index in [4.69, 9.17) is 0 Å². The molecule has 3 aromatic rings. The molecular formula is C15H12N6O4. The second kappa shape index (κ2) is 6.74. The van der Waals surface area contributed by atoms with Crippen molar-refractivity contribution in [1.29, 1.82) is 0 Å². The Labute approximate surface area is 140 Å². The van der Waals surface area contributed by atoms with Gasteiger partial charge in [0.25, 0.3) is 11.6 Å². The number of aromatic hydroxyl groups is 1. The van der Waals surface area contributed by atoms with Crippen molar-refractivity contribution >= 4 is 28.8 Å². The Hall–Kier alpha value is -3.82. The van der Waals surface area contributed by atoms with E-state index < -0.39 is 10.8 Å². The van der Waals surface area contributed by atoms with E-state index >= 15 is 0 Å². The molecule has 0 atom stereocenters. The zero-order valence-electron chi connectivity index (χ0n) is 12.7. The van der Waals surface area contributed by atoms with Crippen LogP contribution in [0.5, 0.6) is 5.75 Å². The van der Waals surface area contributed by atoms with Crippen molar-refractivity contribution in [3.05, 3.63) is 58.1 Å². The number of amides is 1. The number of rotatable bonds is 5. The summed E-state index contributed by atoms with van der Waals surface area (Å²) in [5.41, 5.74) is 3.49. The van der Waals surface area contributed by atoms with Crippen LogP contribution in [0.1, 0.15) is 5.56 Å². The van der Waals surface area contributed by atoms with Gasteiger partial charge in [-0.1, -0.05) is 12.1 Å². The minimum atomic E-state index is -0.594. The Morgan fingerprint density at radius 3 is 2.60 bits per heavy atom. The Morgan fingerprint density at radius 1 is 1.28 bits per heavy atom. The molecule has 0 aliphatic carbocycles. The molecule has 0 saturated heterocycles. The summed E-state index contributed by atoms with van der Waals surface area (Å²) in [5.74, 6) is -0.676. The van der Waals surface area contributed by atoms with Crippen LogP contribution in [0.2, 0.25) is 0 Å². The van der Waals surface area contributed by atoms with Gasteiger partial charge in [-0.3, -0.25) is 14.9 Å². The standard InChI is InChI=1S/C15H12N6O4/c22-14-6-5-11(21(24)25)7-10(14)8-16-17-15(23)9-20-18-12-3-1-2-4-13(12)19-20/h1-8,22H,9H2,(H,17,23)/b16-8-. The van der Waals surface area contributed by atoms with Crippen molar-refractivity contribution in [2.45, 2.75) is 6.54 Å². The van der Waals surface area contributed by atoms with Crippen molar-refractivity contribution < 1.29 is 14.8 Å². The lowest BCUT2D eigenvalue weighted by atomic mass is 10.2. The Balaban J connectivity index is 1.64. The monoisotopic (exact) mass is 340 g/mol. The highest BCUT2D eigenvalue weighted by Crippen LogP contribution is 2.21. The zero-order chi connectivity index (χ0) is 17.8. The number of carbonyl (C=O) groups is 1. The Bertz CT molecular complexity index is 948. The fraction of sp³-hybridized carbons (Fsp3) is 0.0667. The van der Waals surface area contributed by atoms with Crippen LogP contribution in [0.4, 0.5) is 5.69 Å². The van der Waals surface area contributed by atoms with E-state index in [9.17, 15) is 20.0 Å². The molecule has 1 aromatic heterocycles. The molecule has 0 fully saturated rings. The lowest BCUT2D eigenvalue weighted by molar-refractivity contribution is -0.384. The maximum atomic E-state index is 11.8. The van der Waals surface area contributed by atoms with Crippen LogP contribution in [0.15, 0.2) is 47.6 Å². The highest BCUT2D eigenvalue weighted by Gasteiger charge is 2.09. The van der Waals surface area contributed by atoms with E-state index in [1.54, 1.807) is 12.1 Å². The number of fused-ring (bicyclic) bond motifs is 1. The predicted octanol–water partition coefficient (Wildman–Crippen LogP) is 1.20. The van der Waals surface area contributed by atoms with Crippen LogP contribution in [0, 0.1) is 10.1 Å². The van der Waals surface area contributed by atoms with Gasteiger partial charge in [0.05, 0.1) is 11.1 Å². The summed E-state index contributed by atoms with van der Waals surface area (Å²) in [4.78, 5) is 23.2. The zero-order valence-corrected chi connectivity index (χ0v) is 12.7. The first-order valence-electron chi connectivity index (χ1n) is 7.12. The minimum Gasteiger partial charge on any atom is -0.507 e. The smallest absolute Gasteiger partial charge is 0.270 e. The van der Waals surface area contributed by atoms with Gasteiger partial charge in [0, 0.05) is 17.7 Å². The number of non-ortho nitro benzene ring substituents is 1. The van der Waals surface area contributed by atoms with Gasteiger partial charge in [-0.2, -0.15) is 20.1 Å². The average Bonchev–Trinajstić information content (AvgIpc) is 2.98. The van der Waals surface area contributed by atoms with Crippen LogP contribution in [0.3, 0.4) is 0 Å². The number of phenols is 1. The van der Waals surface area contributed by atoms with Crippen molar-refractivity contribution in [2.75, 3.05) is 0 Å². The van der Waals surface area contributed by atoms with Gasteiger partial charge in [0.1, 0.15) is 23.3 Å². The number of phenolic OH excluding ortho intramolecular Hbond substituents is 1. The molecule has 0 aliphatic rings. The molecule has 10 heteroatoms. The van der Waals surface area contributed by atoms with Crippen molar-refractivity contribution in [3.8, 4) is 5.75 Å². The Kier molecular flexibility index (Phi) is 4.33. The van der Waals surface area contributed by atoms with Crippen LogP contribution >= 0.6 is 0 Å². The third-order valence-electron chi connectivity index (χ3n) is 3.23. The first-order valence-corrected chi connectivity index (χ1v) is 7.12. The Morgan fingerprint density at radius 2 is 1.96 bits per heavy atom. The molecular weight excluding hydrogens is 328 g/mol. The first kappa shape index (κ1) is 16.1. The summed E-state index contributed by atoms with van der Waals surface area (Å²) in [6.45, 7) is -0.146. The molecule has 3 rings (SSSR count). The topological polar surface area (TPSA) is 136 Å². The average molecular weight is 340 g/mol. The number of hydrogen-bond acceptors (Lipinski definition) is 7. The van der Waals surface area contributed by atoms with Crippen LogP contribution < -0.4 is 5.43 Å². The van der Waals surface area contributed by atoms with Crippen LogP contribution in [-0.4, -0.2) is 37.1 Å². The molecule has 0 aliphatic heterocycles. The molecule has 0 unspecified atom stereocenters. The quantitative estimate of drug-likeness (QED) is 0.407. The van der Waals surface area contributed by atoms with E-state index in [1.807, 2.05) is 12.1 Å². The van der Waals surface area contributed by atoms with Gasteiger partial charge in [-0.15, -0.1) is 0 Å². The predicted molar refractivity (Wildman–Crippen MR) is 88.0 cm³/mol. The van der Waals surface area contributed by atoms with Crippen LogP contribution in [0.25, 0.3) is 11.0 Å². The third kappa shape index (κ3) is 3.75. The number of nitrogens with one attached hydrogen (secondary N) is 1. The summed E-state index contributed by atoms with van der Waals surface area (Å²) in [6, 6.07) is 10.7. The number of nitrogens with zero attached hydrogens (tertiary/aromatic N) is 5. The number of nitro groups is 1. The molecule has 1 heterocycles. The van der Waals surface area contributed by atoms with Gasteiger partial charge < -0.3 is 5.11 Å². The molecule has 0 spiro atoms. The fourth-order valence-electron chi connectivity index (χ4n) is 2.07. The summed E-state index contributed by atoms with van der Waals surface area (Å²) in [6.07, 6.45) is 1.12. The number of benzene rings is 2. The minimum absolute atomic E-state index is 0.109.